The van der Waals surface area contributed by atoms with Crippen LogP contribution in [-0.2, 0) is 16.6 Å². The molecule has 0 saturated heterocycles. The maximum atomic E-state index is 11.3. The molecule has 0 aliphatic rings. The maximum Gasteiger partial charge on any atom is 0.210 e. The van der Waals surface area contributed by atoms with Crippen molar-refractivity contribution in [2.24, 2.45) is 0 Å². The van der Waals surface area contributed by atoms with E-state index in [0.717, 1.165) is 12.8 Å². The molecule has 0 bridgehead atoms. The highest BCUT2D eigenvalue weighted by molar-refractivity contribution is 8.00. The number of likely N-dealkylation sites (N-methyl/N-ethyl adjacent to an activating group) is 1. The third-order valence-corrected chi connectivity index (χ3v) is 4.31. The second-order valence-corrected chi connectivity index (χ2v) is 7.67. The molecule has 0 amide bonds. The van der Waals surface area contributed by atoms with Gasteiger partial charge in [0.05, 0.1) is 18.2 Å². The van der Waals surface area contributed by atoms with E-state index >= 15 is 0 Å². The van der Waals surface area contributed by atoms with Gasteiger partial charge in [0.2, 0.25) is 15.2 Å². The molecule has 11 heteroatoms. The second-order valence-electron chi connectivity index (χ2n) is 4.39. The Balaban J connectivity index is 2.73. The van der Waals surface area contributed by atoms with E-state index in [1.807, 2.05) is 19.0 Å². The second kappa shape index (κ2) is 7.98. The molecule has 1 N–H and O–H groups in total. The first-order valence-electron chi connectivity index (χ1n) is 5.80. The zero-order valence-corrected chi connectivity index (χ0v) is 14.0. The monoisotopic (exact) mass is 338 g/mol. The van der Waals surface area contributed by atoms with Crippen molar-refractivity contribution in [2.75, 3.05) is 26.9 Å². The van der Waals surface area contributed by atoms with Crippen molar-refractivity contribution in [3.63, 3.8) is 0 Å². The molecular formula is C9H18N6O2S3. The van der Waals surface area contributed by atoms with Crippen LogP contribution in [0.4, 0.5) is 0 Å². The maximum absolute atomic E-state index is 11.3. The standard InChI is InChI=1S/C9H18N6O2S3/c1-14(2)5-6-15-9(10-12-13-15)19-8(4-7-18)11-20(3,16)17/h7-8,11H,4-6H2,1-3H3. The molecule has 1 atom stereocenters. The predicted octanol–water partition coefficient (Wildman–Crippen LogP) is -0.408. The summed E-state index contributed by atoms with van der Waals surface area (Å²) in [5.74, 6) is 0. The van der Waals surface area contributed by atoms with E-state index in [2.05, 4.69) is 20.2 Å². The van der Waals surface area contributed by atoms with E-state index in [1.165, 1.54) is 17.1 Å². The van der Waals surface area contributed by atoms with Crippen LogP contribution in [0.3, 0.4) is 0 Å². The van der Waals surface area contributed by atoms with Gasteiger partial charge in [-0.25, -0.2) is 17.8 Å². The average molecular weight is 338 g/mol. The predicted molar refractivity (Wildman–Crippen MR) is 82.3 cm³/mol. The highest BCUT2D eigenvalue weighted by Gasteiger charge is 2.18. The fourth-order valence-electron chi connectivity index (χ4n) is 1.29. The Bertz CT molecular complexity index is 530. The summed E-state index contributed by atoms with van der Waals surface area (Å²) < 4.78 is 26.8. The van der Waals surface area contributed by atoms with Gasteiger partial charge in [-0.15, -0.1) is 5.10 Å². The molecular weight excluding hydrogens is 320 g/mol. The van der Waals surface area contributed by atoms with Gasteiger partial charge in [0.1, 0.15) is 0 Å². The van der Waals surface area contributed by atoms with E-state index in [-0.39, 0.29) is 0 Å². The summed E-state index contributed by atoms with van der Waals surface area (Å²) in [7, 11) is 0.601. The zero-order chi connectivity index (χ0) is 15.2. The Morgan fingerprint density at radius 2 is 2.25 bits per heavy atom. The van der Waals surface area contributed by atoms with Crippen molar-refractivity contribution in [2.45, 2.75) is 23.5 Å². The van der Waals surface area contributed by atoms with Crippen LogP contribution in [0.5, 0.6) is 0 Å². The molecule has 0 spiro atoms. The number of rotatable bonds is 9. The molecule has 0 saturated carbocycles. The van der Waals surface area contributed by atoms with Gasteiger partial charge < -0.3 is 4.90 Å². The molecule has 0 aliphatic heterocycles. The molecule has 8 nitrogen and oxygen atoms in total. The largest absolute Gasteiger partial charge is 0.308 e. The summed E-state index contributed by atoms with van der Waals surface area (Å²) >= 11 is 6.04. The number of tetrazole rings is 1. The quantitative estimate of drug-likeness (QED) is 0.369. The number of sulfonamides is 1. The summed E-state index contributed by atoms with van der Waals surface area (Å²) in [5.41, 5.74) is 0. The van der Waals surface area contributed by atoms with E-state index < -0.39 is 15.4 Å². The summed E-state index contributed by atoms with van der Waals surface area (Å²) in [6, 6.07) is 0. The third kappa shape index (κ3) is 6.70. The van der Waals surface area contributed by atoms with Crippen LogP contribution in [0, 0.1) is 0 Å². The number of aromatic nitrogens is 4. The van der Waals surface area contributed by atoms with Gasteiger partial charge in [-0.05, 0) is 29.9 Å². The summed E-state index contributed by atoms with van der Waals surface area (Å²) in [4.78, 5) is 2.01. The van der Waals surface area contributed by atoms with Crippen molar-refractivity contribution in [1.29, 1.82) is 0 Å². The van der Waals surface area contributed by atoms with Gasteiger partial charge in [-0.3, -0.25) is 0 Å². The van der Waals surface area contributed by atoms with Crippen LogP contribution in [0.2, 0.25) is 0 Å². The number of thiocarbonyl (C=S) groups is 1. The van der Waals surface area contributed by atoms with Gasteiger partial charge in [0.25, 0.3) is 0 Å². The van der Waals surface area contributed by atoms with E-state index in [9.17, 15) is 8.42 Å². The zero-order valence-electron chi connectivity index (χ0n) is 11.6. The highest BCUT2D eigenvalue weighted by Crippen LogP contribution is 2.21. The number of hydrogen-bond donors (Lipinski definition) is 1. The number of nitrogens with one attached hydrogen (secondary N) is 1. The first-order valence-corrected chi connectivity index (χ1v) is 9.04. The lowest BCUT2D eigenvalue weighted by Crippen LogP contribution is -2.32. The van der Waals surface area contributed by atoms with Crippen LogP contribution in [-0.4, -0.2) is 71.2 Å². The van der Waals surface area contributed by atoms with Crippen LogP contribution < -0.4 is 4.72 Å². The minimum atomic E-state index is -3.31. The molecule has 20 heavy (non-hydrogen) atoms. The summed E-state index contributed by atoms with van der Waals surface area (Å²) in [6.45, 7) is 1.42. The molecule has 1 heterocycles. The van der Waals surface area contributed by atoms with E-state index in [4.69, 9.17) is 12.2 Å². The van der Waals surface area contributed by atoms with Gasteiger partial charge in [0.15, 0.2) is 0 Å². The molecule has 0 radical (unpaired) electrons. The highest BCUT2D eigenvalue weighted by atomic mass is 32.2. The SMILES string of the molecule is CN(C)CCn1nnnc1SC(CC=S)NS(C)(=O)=O. The molecule has 1 aromatic rings. The lowest BCUT2D eigenvalue weighted by Gasteiger charge is -2.15. The molecule has 114 valence electrons. The van der Waals surface area contributed by atoms with Crippen LogP contribution in [0.15, 0.2) is 5.16 Å². The van der Waals surface area contributed by atoms with E-state index in [0.29, 0.717) is 18.1 Å². The molecule has 0 fully saturated rings. The van der Waals surface area contributed by atoms with Crippen LogP contribution in [0.1, 0.15) is 6.42 Å². The lowest BCUT2D eigenvalue weighted by atomic mass is 10.5. The average Bonchev–Trinajstić information content (AvgIpc) is 2.72. The Kier molecular flexibility index (Phi) is 6.95. The Morgan fingerprint density at radius 3 is 2.80 bits per heavy atom. The van der Waals surface area contributed by atoms with Crippen LogP contribution >= 0.6 is 24.0 Å². The fraction of sp³-hybridized carbons (Fsp3) is 0.778. The van der Waals surface area contributed by atoms with Crippen molar-refractivity contribution < 1.29 is 8.42 Å². The van der Waals surface area contributed by atoms with Crippen molar-refractivity contribution in [3.8, 4) is 0 Å². The fourth-order valence-corrected chi connectivity index (χ4v) is 3.67. The normalized spacial score (nSPS) is 13.6. The van der Waals surface area contributed by atoms with E-state index in [1.54, 1.807) is 4.68 Å². The Morgan fingerprint density at radius 1 is 1.55 bits per heavy atom. The number of nitrogens with zero attached hydrogens (tertiary/aromatic N) is 5. The van der Waals surface area contributed by atoms with Gasteiger partial charge >= 0.3 is 0 Å². The van der Waals surface area contributed by atoms with Gasteiger partial charge in [0, 0.05) is 13.0 Å². The molecule has 0 aliphatic carbocycles. The first-order chi connectivity index (χ1) is 9.31. The Labute approximate surface area is 128 Å². The van der Waals surface area contributed by atoms with Crippen molar-refractivity contribution >= 4 is 39.4 Å². The van der Waals surface area contributed by atoms with Gasteiger partial charge in [-0.2, -0.15) is 0 Å². The molecule has 1 aromatic heterocycles. The van der Waals surface area contributed by atoms with Gasteiger partial charge in [-0.1, -0.05) is 24.0 Å². The van der Waals surface area contributed by atoms with Crippen molar-refractivity contribution in [3.05, 3.63) is 0 Å². The molecule has 1 rings (SSSR count). The minimum Gasteiger partial charge on any atom is -0.308 e. The number of hydrogen-bond acceptors (Lipinski definition) is 8. The summed E-state index contributed by atoms with van der Waals surface area (Å²) in [5, 5.41) is 13.1. The lowest BCUT2D eigenvalue weighted by molar-refractivity contribution is 0.361. The topological polar surface area (TPSA) is 93.0 Å². The molecule has 0 aromatic carbocycles. The van der Waals surface area contributed by atoms with Crippen LogP contribution in [0.25, 0.3) is 0 Å². The molecule has 1 unspecified atom stereocenters. The third-order valence-electron chi connectivity index (χ3n) is 2.16. The summed E-state index contributed by atoms with van der Waals surface area (Å²) in [6.07, 6.45) is 1.52. The Hall–Kier alpha value is -0.620. The number of thioether (sulfide) groups is 1. The van der Waals surface area contributed by atoms with Crippen molar-refractivity contribution in [1.82, 2.24) is 29.8 Å². The smallest absolute Gasteiger partial charge is 0.210 e. The minimum absolute atomic E-state index is 0.410. The first kappa shape index (κ1) is 17.4.